The lowest BCUT2D eigenvalue weighted by Gasteiger charge is -2.16. The van der Waals surface area contributed by atoms with Crippen molar-refractivity contribution in [2.45, 2.75) is 32.1 Å². The molecule has 2 fully saturated rings. The van der Waals surface area contributed by atoms with Crippen LogP contribution in [0.25, 0.3) is 0 Å². The summed E-state index contributed by atoms with van der Waals surface area (Å²) in [5, 5.41) is 13.9. The minimum atomic E-state index is -0.0960. The van der Waals surface area contributed by atoms with E-state index in [1.54, 1.807) is 7.11 Å². The Morgan fingerprint density at radius 1 is 1.50 bits per heavy atom. The van der Waals surface area contributed by atoms with Gasteiger partial charge in [-0.05, 0) is 18.8 Å². The molecule has 0 spiro atoms. The third-order valence-electron chi connectivity index (χ3n) is 4.17. The molecule has 3 atom stereocenters. The summed E-state index contributed by atoms with van der Waals surface area (Å²) in [7, 11) is 1.64. The molecule has 18 heavy (non-hydrogen) atoms. The Morgan fingerprint density at radius 3 is 3.17 bits per heavy atom. The van der Waals surface area contributed by atoms with Crippen LogP contribution in [0, 0.1) is 11.8 Å². The average Bonchev–Trinajstić information content (AvgIpc) is 3.00. The molecular formula is C13H20N2O3. The molecule has 1 saturated carbocycles. The Hall–Kier alpha value is -0.910. The van der Waals surface area contributed by atoms with E-state index in [4.69, 9.17) is 9.26 Å². The first kappa shape index (κ1) is 12.1. The zero-order valence-electron chi connectivity index (χ0n) is 10.7. The molecule has 5 nitrogen and oxygen atoms in total. The number of hydrogen-bond donors (Lipinski definition) is 1. The fraction of sp³-hybridized carbons (Fsp3) is 0.769. The van der Waals surface area contributed by atoms with E-state index in [2.05, 4.69) is 10.1 Å². The van der Waals surface area contributed by atoms with Gasteiger partial charge in [-0.15, -0.1) is 0 Å². The van der Waals surface area contributed by atoms with Crippen LogP contribution in [0.1, 0.15) is 24.3 Å². The second-order valence-corrected chi connectivity index (χ2v) is 5.48. The topological polar surface area (TPSA) is 58.7 Å². The normalized spacial score (nSPS) is 32.0. The summed E-state index contributed by atoms with van der Waals surface area (Å²) in [5.41, 5.74) is 0.955. The smallest absolute Gasteiger partial charge is 0.162 e. The van der Waals surface area contributed by atoms with Crippen LogP contribution in [0.3, 0.4) is 0 Å². The van der Waals surface area contributed by atoms with Gasteiger partial charge in [0.1, 0.15) is 6.61 Å². The molecule has 1 aliphatic carbocycles. The van der Waals surface area contributed by atoms with Crippen LogP contribution in [-0.4, -0.2) is 41.5 Å². The molecule has 5 heteroatoms. The van der Waals surface area contributed by atoms with Crippen molar-refractivity contribution in [2.24, 2.45) is 11.8 Å². The Kier molecular flexibility index (Phi) is 3.37. The summed E-state index contributed by atoms with van der Waals surface area (Å²) in [5.74, 6) is 1.91. The number of aliphatic hydroxyl groups excluding tert-OH is 1. The second-order valence-electron chi connectivity index (χ2n) is 5.48. The molecular weight excluding hydrogens is 232 g/mol. The standard InChI is InChI=1S/C13H20N2O3/c1-17-8-11-4-10(14-18-11)6-15-5-9-2-3-13(16)12(9)7-15/h4,9,12-13,16H,2-3,5-8H2,1H3. The van der Waals surface area contributed by atoms with Crippen molar-refractivity contribution >= 4 is 0 Å². The van der Waals surface area contributed by atoms with Gasteiger partial charge in [0.25, 0.3) is 0 Å². The molecule has 0 bridgehead atoms. The summed E-state index contributed by atoms with van der Waals surface area (Å²) in [6.07, 6.45) is 2.04. The molecule has 0 aromatic carbocycles. The fourth-order valence-electron chi connectivity index (χ4n) is 3.33. The van der Waals surface area contributed by atoms with E-state index in [9.17, 15) is 5.11 Å². The molecule has 2 heterocycles. The van der Waals surface area contributed by atoms with Crippen LogP contribution in [0.4, 0.5) is 0 Å². The van der Waals surface area contributed by atoms with Gasteiger partial charge in [-0.2, -0.15) is 0 Å². The van der Waals surface area contributed by atoms with Crippen molar-refractivity contribution in [3.05, 3.63) is 17.5 Å². The van der Waals surface area contributed by atoms with Crippen molar-refractivity contribution in [3.8, 4) is 0 Å². The van der Waals surface area contributed by atoms with Crippen LogP contribution in [0.5, 0.6) is 0 Å². The van der Waals surface area contributed by atoms with E-state index in [1.807, 2.05) is 6.07 Å². The van der Waals surface area contributed by atoms with E-state index < -0.39 is 0 Å². The zero-order chi connectivity index (χ0) is 12.5. The van der Waals surface area contributed by atoms with Gasteiger partial charge in [-0.25, -0.2) is 0 Å². The molecule has 1 aliphatic heterocycles. The maximum Gasteiger partial charge on any atom is 0.162 e. The first-order valence-electron chi connectivity index (χ1n) is 6.60. The van der Waals surface area contributed by atoms with Crippen molar-refractivity contribution in [1.82, 2.24) is 10.1 Å². The highest BCUT2D eigenvalue weighted by molar-refractivity contribution is 5.05. The van der Waals surface area contributed by atoms with Gasteiger partial charge in [0.2, 0.25) is 0 Å². The Balaban J connectivity index is 1.57. The maximum atomic E-state index is 9.88. The lowest BCUT2D eigenvalue weighted by Crippen LogP contribution is -2.24. The lowest BCUT2D eigenvalue weighted by molar-refractivity contribution is 0.123. The number of hydrogen-bond acceptors (Lipinski definition) is 5. The van der Waals surface area contributed by atoms with Gasteiger partial charge >= 0.3 is 0 Å². The number of aromatic nitrogens is 1. The lowest BCUT2D eigenvalue weighted by atomic mass is 10.00. The van der Waals surface area contributed by atoms with Crippen molar-refractivity contribution in [3.63, 3.8) is 0 Å². The fourth-order valence-corrected chi connectivity index (χ4v) is 3.33. The van der Waals surface area contributed by atoms with E-state index in [-0.39, 0.29) is 6.10 Å². The number of rotatable bonds is 4. The summed E-state index contributed by atoms with van der Waals surface area (Å²) in [6, 6.07) is 1.95. The van der Waals surface area contributed by atoms with Crippen molar-refractivity contribution in [2.75, 3.05) is 20.2 Å². The van der Waals surface area contributed by atoms with Gasteiger partial charge in [0.05, 0.1) is 11.8 Å². The molecule has 3 unspecified atom stereocenters. The van der Waals surface area contributed by atoms with Crippen LogP contribution < -0.4 is 0 Å². The Labute approximate surface area is 107 Å². The molecule has 0 radical (unpaired) electrons. The minimum Gasteiger partial charge on any atom is -0.393 e. The molecule has 3 rings (SSSR count). The zero-order valence-corrected chi connectivity index (χ0v) is 10.7. The summed E-state index contributed by atoms with van der Waals surface area (Å²) in [4.78, 5) is 2.37. The minimum absolute atomic E-state index is 0.0960. The summed E-state index contributed by atoms with van der Waals surface area (Å²) < 4.78 is 10.2. The van der Waals surface area contributed by atoms with Gasteiger partial charge in [0, 0.05) is 38.7 Å². The van der Waals surface area contributed by atoms with E-state index in [0.29, 0.717) is 18.4 Å². The van der Waals surface area contributed by atoms with Gasteiger partial charge in [-0.3, -0.25) is 4.90 Å². The number of ether oxygens (including phenoxy) is 1. The highest BCUT2D eigenvalue weighted by Gasteiger charge is 2.41. The van der Waals surface area contributed by atoms with Crippen LogP contribution in [0.15, 0.2) is 10.6 Å². The van der Waals surface area contributed by atoms with E-state index in [0.717, 1.165) is 43.9 Å². The maximum absolute atomic E-state index is 9.88. The third-order valence-corrected chi connectivity index (χ3v) is 4.17. The molecule has 1 aromatic rings. The predicted molar refractivity (Wildman–Crippen MR) is 64.7 cm³/mol. The molecule has 0 amide bonds. The first-order valence-corrected chi connectivity index (χ1v) is 6.60. The Bertz CT molecular complexity index is 407. The predicted octanol–water partition coefficient (Wildman–Crippen LogP) is 1.02. The monoisotopic (exact) mass is 252 g/mol. The van der Waals surface area contributed by atoms with Crippen molar-refractivity contribution < 1.29 is 14.4 Å². The van der Waals surface area contributed by atoms with E-state index >= 15 is 0 Å². The number of fused-ring (bicyclic) bond motifs is 1. The number of aliphatic hydroxyl groups is 1. The molecule has 2 aliphatic rings. The van der Waals surface area contributed by atoms with Crippen LogP contribution in [-0.2, 0) is 17.9 Å². The molecule has 1 N–H and O–H groups in total. The quantitative estimate of drug-likeness (QED) is 0.867. The largest absolute Gasteiger partial charge is 0.393 e. The van der Waals surface area contributed by atoms with Crippen LogP contribution in [0.2, 0.25) is 0 Å². The number of likely N-dealkylation sites (tertiary alicyclic amines) is 1. The summed E-state index contributed by atoms with van der Waals surface area (Å²) in [6.45, 7) is 3.34. The molecule has 1 aromatic heterocycles. The molecule has 1 saturated heterocycles. The first-order chi connectivity index (χ1) is 8.76. The third kappa shape index (κ3) is 2.30. The molecule has 100 valence electrons. The summed E-state index contributed by atoms with van der Waals surface area (Å²) >= 11 is 0. The SMILES string of the molecule is COCc1cc(CN2CC3CCC(O)C3C2)no1. The average molecular weight is 252 g/mol. The second kappa shape index (κ2) is 4.99. The van der Waals surface area contributed by atoms with Gasteiger partial charge < -0.3 is 14.4 Å². The van der Waals surface area contributed by atoms with Crippen molar-refractivity contribution in [1.29, 1.82) is 0 Å². The van der Waals surface area contributed by atoms with Gasteiger partial charge in [0.15, 0.2) is 5.76 Å². The van der Waals surface area contributed by atoms with Crippen LogP contribution >= 0.6 is 0 Å². The van der Waals surface area contributed by atoms with Gasteiger partial charge in [-0.1, -0.05) is 5.16 Å². The Morgan fingerprint density at radius 2 is 2.39 bits per heavy atom. The van der Waals surface area contributed by atoms with E-state index in [1.165, 1.54) is 0 Å². The highest BCUT2D eigenvalue weighted by atomic mass is 16.5. The number of methoxy groups -OCH3 is 1. The number of nitrogens with zero attached hydrogens (tertiary/aromatic N) is 2. The highest BCUT2D eigenvalue weighted by Crippen LogP contribution is 2.38.